The topological polar surface area (TPSA) is 69.0 Å². The van der Waals surface area contributed by atoms with Gasteiger partial charge >= 0.3 is 0 Å². The fourth-order valence-electron chi connectivity index (χ4n) is 11.2. The fraction of sp³-hybridized carbons (Fsp3) is 0.222. The lowest BCUT2D eigenvalue weighted by molar-refractivity contribution is 0.446. The van der Waals surface area contributed by atoms with Crippen LogP contribution in [0, 0.1) is 0 Å². The molecule has 0 aliphatic carbocycles. The number of nitrogens with zero attached hydrogens (tertiary/aromatic N) is 4. The number of fused-ring (bicyclic) bond motifs is 6. The Labute approximate surface area is 458 Å². The van der Waals surface area contributed by atoms with Gasteiger partial charge in [-0.3, -0.25) is 9.13 Å². The van der Waals surface area contributed by atoms with Gasteiger partial charge in [-0.05, 0) is 127 Å². The molecule has 388 valence electrons. The second kappa shape index (κ2) is 18.3. The van der Waals surface area contributed by atoms with Crippen LogP contribution in [0.3, 0.4) is 0 Å². The molecule has 0 spiro atoms. The summed E-state index contributed by atoms with van der Waals surface area (Å²) in [5.41, 5.74) is 19.0. The molecule has 0 amide bonds. The molecule has 0 fully saturated rings. The van der Waals surface area contributed by atoms with E-state index in [9.17, 15) is 5.11 Å². The molecular weight excluding hydrogens is 953 g/mol. The summed E-state index contributed by atoms with van der Waals surface area (Å²) in [6, 6.07) is 67.1. The van der Waals surface area contributed by atoms with E-state index in [4.69, 9.17) is 14.4 Å². The monoisotopic (exact) mass is 1020 g/mol. The largest absolute Gasteiger partial charge is 0.507 e. The number of aromatic hydroxyl groups is 1. The maximum atomic E-state index is 12.6. The summed E-state index contributed by atoms with van der Waals surface area (Å²) < 4.78 is 11.6. The van der Waals surface area contributed by atoms with Gasteiger partial charge in [0.2, 0.25) is 0 Å². The quantitative estimate of drug-likeness (QED) is 0.173. The average Bonchev–Trinajstić information content (AvgIpc) is 4.12. The first-order chi connectivity index (χ1) is 37.1. The summed E-state index contributed by atoms with van der Waals surface area (Å²) in [4.78, 5) is 11.3. The summed E-state index contributed by atoms with van der Waals surface area (Å²) in [5.74, 6) is 1.73. The van der Waals surface area contributed by atoms with Gasteiger partial charge in [0.1, 0.15) is 28.5 Å². The van der Waals surface area contributed by atoms with Gasteiger partial charge in [0.05, 0.1) is 27.8 Å². The zero-order valence-corrected chi connectivity index (χ0v) is 47.0. The van der Waals surface area contributed by atoms with Gasteiger partial charge in [-0.15, -0.1) is 0 Å². The fourth-order valence-corrected chi connectivity index (χ4v) is 11.2. The maximum Gasteiger partial charge on any atom is 0.161 e. The maximum absolute atomic E-state index is 12.6. The van der Waals surface area contributed by atoms with Crippen molar-refractivity contribution < 1.29 is 9.52 Å². The van der Waals surface area contributed by atoms with Gasteiger partial charge in [0, 0.05) is 38.7 Å². The molecule has 12 aromatic rings. The van der Waals surface area contributed by atoms with E-state index in [0.29, 0.717) is 11.4 Å². The SMILES string of the molecule is CC(C)(C)c1ccc(-c2ccc3c(c2)oc2c3ccc3nc(-c4cc(-c5cccc6c5nc(-c5cc(C(C)(C)C)cc(C(C)(C)C)c5O)n6-c5ccccc5-c5ccccc5)cc(C(C)(C)C)c4)n(-c4ccccc4)c32)cc1. The first kappa shape index (κ1) is 50.3. The molecule has 3 heterocycles. The Balaban J connectivity index is 1.10. The van der Waals surface area contributed by atoms with Crippen LogP contribution in [0.5, 0.6) is 5.75 Å². The number of benzene rings is 9. The molecule has 0 atom stereocenters. The van der Waals surface area contributed by atoms with Crippen LogP contribution in [0.2, 0.25) is 0 Å². The lowest BCUT2D eigenvalue weighted by Crippen LogP contribution is -2.17. The van der Waals surface area contributed by atoms with Gasteiger partial charge in [-0.25, -0.2) is 9.97 Å². The van der Waals surface area contributed by atoms with E-state index < -0.39 is 0 Å². The molecule has 6 nitrogen and oxygen atoms in total. The molecule has 0 aliphatic rings. The van der Waals surface area contributed by atoms with E-state index in [-0.39, 0.29) is 27.4 Å². The number of hydrogen-bond donors (Lipinski definition) is 1. The summed E-state index contributed by atoms with van der Waals surface area (Å²) in [6.45, 7) is 26.7. The predicted molar refractivity (Wildman–Crippen MR) is 327 cm³/mol. The third-order valence-corrected chi connectivity index (χ3v) is 15.7. The smallest absolute Gasteiger partial charge is 0.161 e. The van der Waals surface area contributed by atoms with Gasteiger partial charge in [0.15, 0.2) is 5.58 Å². The highest BCUT2D eigenvalue weighted by Gasteiger charge is 2.30. The van der Waals surface area contributed by atoms with E-state index in [2.05, 4.69) is 280 Å². The summed E-state index contributed by atoms with van der Waals surface area (Å²) in [7, 11) is 0. The van der Waals surface area contributed by atoms with Crippen molar-refractivity contribution in [1.29, 1.82) is 0 Å². The number of phenols is 1. The average molecular weight is 1020 g/mol. The number of rotatable bonds is 7. The zero-order valence-electron chi connectivity index (χ0n) is 47.0. The molecule has 0 aliphatic heterocycles. The molecule has 12 rings (SSSR count). The minimum atomic E-state index is -0.344. The molecule has 6 heteroatoms. The van der Waals surface area contributed by atoms with Gasteiger partial charge in [-0.2, -0.15) is 0 Å². The Morgan fingerprint density at radius 1 is 0.410 bits per heavy atom. The third-order valence-electron chi connectivity index (χ3n) is 15.7. The van der Waals surface area contributed by atoms with E-state index >= 15 is 0 Å². The second-order valence-corrected chi connectivity index (χ2v) is 25.4. The second-order valence-electron chi connectivity index (χ2n) is 25.4. The zero-order chi connectivity index (χ0) is 54.6. The molecule has 9 aromatic carbocycles. The highest BCUT2D eigenvalue weighted by Crippen LogP contribution is 2.47. The normalized spacial score (nSPS) is 12.7. The Bertz CT molecular complexity index is 4280. The van der Waals surface area contributed by atoms with Crippen molar-refractivity contribution in [3.8, 4) is 73.3 Å². The Morgan fingerprint density at radius 3 is 1.72 bits per heavy atom. The number of imidazole rings is 2. The highest BCUT2D eigenvalue weighted by molar-refractivity contribution is 6.15. The Kier molecular flexibility index (Phi) is 11.8. The van der Waals surface area contributed by atoms with Crippen LogP contribution >= 0.6 is 0 Å². The molecule has 78 heavy (non-hydrogen) atoms. The molecular formula is C72H68N4O2. The van der Waals surface area contributed by atoms with Crippen molar-refractivity contribution >= 4 is 44.0 Å². The van der Waals surface area contributed by atoms with Crippen molar-refractivity contribution in [3.05, 3.63) is 210 Å². The van der Waals surface area contributed by atoms with Crippen LogP contribution in [0.1, 0.15) is 105 Å². The first-order valence-electron chi connectivity index (χ1n) is 27.4. The van der Waals surface area contributed by atoms with Crippen LogP contribution in [0.25, 0.3) is 112 Å². The van der Waals surface area contributed by atoms with Crippen LogP contribution < -0.4 is 0 Å². The van der Waals surface area contributed by atoms with E-state index in [1.807, 2.05) is 0 Å². The standard InChI is InChI=1S/C72H68N4O2/c1-69(2,3)49-33-30-44(31-34-49)46-32-35-55-56-36-37-59-64(66(56)78-62(55)41-46)75(52-24-17-14-18-25-52)67(73-59)48-38-47(39-50(40-48)70(4,5)6)54-27-21-29-61-63(54)74-68(57-42-51(71(7,8)9)43-58(65(57)77)72(10,11)12)76(61)60-28-20-19-26-53(60)45-22-15-13-16-23-45/h13-43,77H,1-12H3. The molecule has 0 radical (unpaired) electrons. The number of para-hydroxylation sites is 3. The van der Waals surface area contributed by atoms with Crippen molar-refractivity contribution in [2.75, 3.05) is 0 Å². The Hall–Kier alpha value is -8.48. The van der Waals surface area contributed by atoms with Gasteiger partial charge in [0.25, 0.3) is 0 Å². The van der Waals surface area contributed by atoms with Crippen molar-refractivity contribution in [2.45, 2.75) is 105 Å². The summed E-state index contributed by atoms with van der Waals surface area (Å²) in [5, 5.41) is 14.7. The van der Waals surface area contributed by atoms with Crippen molar-refractivity contribution in [3.63, 3.8) is 0 Å². The molecule has 0 unspecified atom stereocenters. The molecule has 0 bridgehead atoms. The van der Waals surface area contributed by atoms with E-state index in [1.165, 1.54) is 5.56 Å². The molecule has 0 saturated carbocycles. The predicted octanol–water partition coefficient (Wildman–Crippen LogP) is 19.5. The number of phenolic OH excluding ortho intramolecular Hbond substituents is 1. The lowest BCUT2D eigenvalue weighted by atomic mass is 9.79. The van der Waals surface area contributed by atoms with Crippen LogP contribution in [0.4, 0.5) is 0 Å². The minimum Gasteiger partial charge on any atom is -0.507 e. The Morgan fingerprint density at radius 2 is 1.03 bits per heavy atom. The van der Waals surface area contributed by atoms with Crippen LogP contribution in [-0.4, -0.2) is 24.2 Å². The van der Waals surface area contributed by atoms with Crippen LogP contribution in [0.15, 0.2) is 192 Å². The highest BCUT2D eigenvalue weighted by atomic mass is 16.3. The molecule has 1 N–H and O–H groups in total. The van der Waals surface area contributed by atoms with Crippen LogP contribution in [-0.2, 0) is 21.7 Å². The number of aromatic nitrogens is 4. The molecule has 3 aromatic heterocycles. The van der Waals surface area contributed by atoms with E-state index in [0.717, 1.165) is 117 Å². The van der Waals surface area contributed by atoms with E-state index in [1.54, 1.807) is 0 Å². The summed E-state index contributed by atoms with van der Waals surface area (Å²) >= 11 is 0. The third kappa shape index (κ3) is 8.78. The first-order valence-corrected chi connectivity index (χ1v) is 27.4. The number of furan rings is 1. The minimum absolute atomic E-state index is 0.0728. The van der Waals surface area contributed by atoms with Gasteiger partial charge < -0.3 is 9.52 Å². The summed E-state index contributed by atoms with van der Waals surface area (Å²) in [6.07, 6.45) is 0. The number of hydrogen-bond acceptors (Lipinski definition) is 4. The molecule has 0 saturated heterocycles. The lowest BCUT2D eigenvalue weighted by Gasteiger charge is -2.27. The van der Waals surface area contributed by atoms with Gasteiger partial charge in [-0.1, -0.05) is 204 Å². The van der Waals surface area contributed by atoms with Crippen molar-refractivity contribution in [1.82, 2.24) is 19.1 Å². The van der Waals surface area contributed by atoms with Crippen molar-refractivity contribution in [2.24, 2.45) is 0 Å².